The third kappa shape index (κ3) is 4.07. The zero-order chi connectivity index (χ0) is 11.9. The Balaban J connectivity index is 1.59. The summed E-state index contributed by atoms with van der Waals surface area (Å²) >= 11 is 0. The van der Waals surface area contributed by atoms with Crippen molar-refractivity contribution in [2.45, 2.75) is 32.2 Å². The standard InChI is InChI=1S/C13H19N3O/c1-11(4-5-12-3-2-10-17-12)14-7-6-13-15-8-9-16-13/h2-3,8-11,14H,4-7H2,1H3,(H,15,16). The van der Waals surface area contributed by atoms with E-state index in [0.717, 1.165) is 37.4 Å². The van der Waals surface area contributed by atoms with Gasteiger partial charge in [-0.3, -0.25) is 0 Å². The second-order valence-electron chi connectivity index (χ2n) is 4.26. The summed E-state index contributed by atoms with van der Waals surface area (Å²) in [5.41, 5.74) is 0. The lowest BCUT2D eigenvalue weighted by molar-refractivity contribution is 0.461. The lowest BCUT2D eigenvalue weighted by Crippen LogP contribution is -2.28. The number of imidazole rings is 1. The lowest BCUT2D eigenvalue weighted by Gasteiger charge is -2.12. The van der Waals surface area contributed by atoms with Crippen LogP contribution in [0.15, 0.2) is 35.2 Å². The van der Waals surface area contributed by atoms with E-state index in [9.17, 15) is 0 Å². The maximum Gasteiger partial charge on any atom is 0.107 e. The Bertz CT molecular complexity index is 394. The largest absolute Gasteiger partial charge is 0.469 e. The molecule has 0 amide bonds. The van der Waals surface area contributed by atoms with Gasteiger partial charge in [0, 0.05) is 37.8 Å². The van der Waals surface area contributed by atoms with Crippen LogP contribution in [0, 0.1) is 0 Å². The summed E-state index contributed by atoms with van der Waals surface area (Å²) in [6, 6.07) is 4.45. The molecule has 2 aromatic rings. The number of H-pyrrole nitrogens is 1. The molecule has 0 saturated heterocycles. The molecule has 0 bridgehead atoms. The molecule has 0 radical (unpaired) electrons. The number of rotatable bonds is 7. The van der Waals surface area contributed by atoms with Crippen molar-refractivity contribution in [3.8, 4) is 0 Å². The van der Waals surface area contributed by atoms with E-state index in [4.69, 9.17) is 4.42 Å². The van der Waals surface area contributed by atoms with Crippen LogP contribution in [0.4, 0.5) is 0 Å². The minimum atomic E-state index is 0.495. The minimum Gasteiger partial charge on any atom is -0.469 e. The van der Waals surface area contributed by atoms with Gasteiger partial charge < -0.3 is 14.7 Å². The van der Waals surface area contributed by atoms with Crippen LogP contribution in [0.5, 0.6) is 0 Å². The molecule has 17 heavy (non-hydrogen) atoms. The van der Waals surface area contributed by atoms with E-state index in [1.165, 1.54) is 0 Å². The van der Waals surface area contributed by atoms with Crippen molar-refractivity contribution in [1.29, 1.82) is 0 Å². The van der Waals surface area contributed by atoms with Gasteiger partial charge in [0.15, 0.2) is 0 Å². The number of aromatic amines is 1. The SMILES string of the molecule is CC(CCc1ccco1)NCCc1ncc[nH]1. The minimum absolute atomic E-state index is 0.495. The Morgan fingerprint density at radius 1 is 1.47 bits per heavy atom. The van der Waals surface area contributed by atoms with Crippen LogP contribution >= 0.6 is 0 Å². The molecule has 0 aliphatic heterocycles. The molecule has 0 aromatic carbocycles. The number of hydrogen-bond donors (Lipinski definition) is 2. The van der Waals surface area contributed by atoms with Crippen molar-refractivity contribution < 1.29 is 4.42 Å². The van der Waals surface area contributed by atoms with Crippen LogP contribution in [0.1, 0.15) is 24.9 Å². The van der Waals surface area contributed by atoms with Gasteiger partial charge in [-0.1, -0.05) is 0 Å². The predicted molar refractivity (Wildman–Crippen MR) is 66.8 cm³/mol. The Kier molecular flexibility index (Phi) is 4.38. The van der Waals surface area contributed by atoms with Crippen LogP contribution < -0.4 is 5.32 Å². The van der Waals surface area contributed by atoms with Crippen LogP contribution in [-0.4, -0.2) is 22.6 Å². The Labute approximate surface area is 101 Å². The van der Waals surface area contributed by atoms with Gasteiger partial charge >= 0.3 is 0 Å². The zero-order valence-electron chi connectivity index (χ0n) is 10.1. The highest BCUT2D eigenvalue weighted by atomic mass is 16.3. The van der Waals surface area contributed by atoms with Gasteiger partial charge in [0.2, 0.25) is 0 Å². The fraction of sp³-hybridized carbons (Fsp3) is 0.462. The Hall–Kier alpha value is -1.55. The second kappa shape index (κ2) is 6.25. The van der Waals surface area contributed by atoms with Crippen molar-refractivity contribution in [2.75, 3.05) is 6.54 Å². The maximum absolute atomic E-state index is 5.30. The molecule has 2 heterocycles. The van der Waals surface area contributed by atoms with Gasteiger partial charge in [-0.05, 0) is 25.5 Å². The van der Waals surface area contributed by atoms with E-state index in [1.54, 1.807) is 12.5 Å². The second-order valence-corrected chi connectivity index (χ2v) is 4.26. The van der Waals surface area contributed by atoms with Crippen LogP contribution in [0.25, 0.3) is 0 Å². The summed E-state index contributed by atoms with van der Waals surface area (Å²) in [4.78, 5) is 7.29. The highest BCUT2D eigenvalue weighted by molar-refractivity contribution is 4.98. The molecule has 4 heteroatoms. The number of nitrogens with zero attached hydrogens (tertiary/aromatic N) is 1. The number of furan rings is 1. The topological polar surface area (TPSA) is 53.9 Å². The van der Waals surface area contributed by atoms with Crippen LogP contribution in [0.3, 0.4) is 0 Å². The third-order valence-corrected chi connectivity index (χ3v) is 2.81. The quantitative estimate of drug-likeness (QED) is 0.770. The monoisotopic (exact) mass is 233 g/mol. The Morgan fingerprint density at radius 3 is 3.12 bits per heavy atom. The van der Waals surface area contributed by atoms with E-state index in [1.807, 2.05) is 18.3 Å². The molecule has 0 aliphatic rings. The number of hydrogen-bond acceptors (Lipinski definition) is 3. The Morgan fingerprint density at radius 2 is 2.41 bits per heavy atom. The number of nitrogens with one attached hydrogen (secondary N) is 2. The first kappa shape index (κ1) is 11.9. The van der Waals surface area contributed by atoms with E-state index in [2.05, 4.69) is 22.2 Å². The average molecular weight is 233 g/mol. The third-order valence-electron chi connectivity index (χ3n) is 2.81. The van der Waals surface area contributed by atoms with Gasteiger partial charge in [0.05, 0.1) is 6.26 Å². The fourth-order valence-corrected chi connectivity index (χ4v) is 1.79. The van der Waals surface area contributed by atoms with Crippen LogP contribution in [0.2, 0.25) is 0 Å². The molecule has 0 aliphatic carbocycles. The molecular formula is C13H19N3O. The van der Waals surface area contributed by atoms with Gasteiger partial charge in [-0.15, -0.1) is 0 Å². The fourth-order valence-electron chi connectivity index (χ4n) is 1.79. The van der Waals surface area contributed by atoms with E-state index in [0.29, 0.717) is 6.04 Å². The normalized spacial score (nSPS) is 12.8. The maximum atomic E-state index is 5.30. The van der Waals surface area contributed by atoms with Gasteiger partial charge in [-0.25, -0.2) is 4.98 Å². The first-order chi connectivity index (χ1) is 8.34. The first-order valence-electron chi connectivity index (χ1n) is 6.08. The zero-order valence-corrected chi connectivity index (χ0v) is 10.1. The van der Waals surface area contributed by atoms with Gasteiger partial charge in [0.25, 0.3) is 0 Å². The number of aromatic nitrogens is 2. The molecule has 2 aromatic heterocycles. The molecule has 2 N–H and O–H groups in total. The van der Waals surface area contributed by atoms with Crippen molar-refractivity contribution >= 4 is 0 Å². The van der Waals surface area contributed by atoms with E-state index >= 15 is 0 Å². The van der Waals surface area contributed by atoms with E-state index in [-0.39, 0.29) is 0 Å². The summed E-state index contributed by atoms with van der Waals surface area (Å²) in [5.74, 6) is 2.10. The summed E-state index contributed by atoms with van der Waals surface area (Å²) < 4.78 is 5.30. The summed E-state index contributed by atoms with van der Waals surface area (Å²) in [6.07, 6.45) is 8.39. The summed E-state index contributed by atoms with van der Waals surface area (Å²) in [6.45, 7) is 3.15. The molecular weight excluding hydrogens is 214 g/mol. The molecule has 1 unspecified atom stereocenters. The molecule has 2 rings (SSSR count). The van der Waals surface area contributed by atoms with Crippen molar-refractivity contribution in [3.63, 3.8) is 0 Å². The first-order valence-corrected chi connectivity index (χ1v) is 6.08. The predicted octanol–water partition coefficient (Wildman–Crippen LogP) is 2.16. The highest BCUT2D eigenvalue weighted by Crippen LogP contribution is 2.05. The molecule has 1 atom stereocenters. The molecule has 0 spiro atoms. The van der Waals surface area contributed by atoms with Gasteiger partial charge in [0.1, 0.15) is 11.6 Å². The summed E-state index contributed by atoms with van der Waals surface area (Å²) in [7, 11) is 0. The van der Waals surface area contributed by atoms with Crippen molar-refractivity contribution in [3.05, 3.63) is 42.4 Å². The molecule has 92 valence electrons. The molecule has 4 nitrogen and oxygen atoms in total. The lowest BCUT2D eigenvalue weighted by atomic mass is 10.1. The smallest absolute Gasteiger partial charge is 0.107 e. The van der Waals surface area contributed by atoms with Crippen LogP contribution in [-0.2, 0) is 12.8 Å². The molecule has 0 saturated carbocycles. The van der Waals surface area contributed by atoms with Crippen molar-refractivity contribution in [1.82, 2.24) is 15.3 Å². The van der Waals surface area contributed by atoms with E-state index < -0.39 is 0 Å². The van der Waals surface area contributed by atoms with Crippen molar-refractivity contribution in [2.24, 2.45) is 0 Å². The average Bonchev–Trinajstić information content (AvgIpc) is 2.99. The summed E-state index contributed by atoms with van der Waals surface area (Å²) in [5, 5.41) is 3.48. The number of aryl methyl sites for hydroxylation is 1. The molecule has 0 fully saturated rings. The van der Waals surface area contributed by atoms with Gasteiger partial charge in [-0.2, -0.15) is 0 Å². The highest BCUT2D eigenvalue weighted by Gasteiger charge is 2.03.